The van der Waals surface area contributed by atoms with Gasteiger partial charge in [-0.05, 0) is 36.5 Å². The molecule has 4 nitrogen and oxygen atoms in total. The molecule has 1 heterocycles. The van der Waals surface area contributed by atoms with Crippen LogP contribution in [0.25, 0.3) is 0 Å². The summed E-state index contributed by atoms with van der Waals surface area (Å²) in [6.07, 6.45) is 2.19. The van der Waals surface area contributed by atoms with Crippen molar-refractivity contribution in [2.45, 2.75) is 31.7 Å². The Morgan fingerprint density at radius 2 is 2.14 bits per heavy atom. The number of carbonyl (C=O) groups excluding carboxylic acids is 1. The first kappa shape index (κ1) is 17.3. The number of likely N-dealkylation sites (N-methyl/N-ethyl adjacent to an activating group) is 1. The quantitative estimate of drug-likeness (QED) is 0.844. The van der Waals surface area contributed by atoms with Gasteiger partial charge < -0.3 is 10.6 Å². The van der Waals surface area contributed by atoms with E-state index >= 15 is 0 Å². The average molecular weight is 324 g/mol. The first-order chi connectivity index (χ1) is 10.6. The molecule has 2 N–H and O–H groups in total. The highest BCUT2D eigenvalue weighted by molar-refractivity contribution is 6.30. The van der Waals surface area contributed by atoms with Crippen LogP contribution in [0.3, 0.4) is 0 Å². The Bertz CT molecular complexity index is 487. The number of amides is 1. The van der Waals surface area contributed by atoms with E-state index in [2.05, 4.69) is 28.5 Å². The molecule has 1 aliphatic heterocycles. The van der Waals surface area contributed by atoms with Crippen molar-refractivity contribution in [3.63, 3.8) is 0 Å². The number of halogens is 1. The largest absolute Gasteiger partial charge is 0.358 e. The molecule has 5 heteroatoms. The van der Waals surface area contributed by atoms with Crippen LogP contribution in [0, 0.1) is 0 Å². The van der Waals surface area contributed by atoms with Crippen LogP contribution < -0.4 is 10.6 Å². The van der Waals surface area contributed by atoms with E-state index in [4.69, 9.17) is 11.6 Å². The minimum atomic E-state index is 0.0981. The zero-order chi connectivity index (χ0) is 15.9. The number of hydrogen-bond donors (Lipinski definition) is 2. The van der Waals surface area contributed by atoms with Crippen molar-refractivity contribution >= 4 is 17.5 Å². The van der Waals surface area contributed by atoms with Gasteiger partial charge in [-0.1, -0.05) is 30.7 Å². The number of carbonyl (C=O) groups is 1. The summed E-state index contributed by atoms with van der Waals surface area (Å²) in [7, 11) is 1.69. The number of likely N-dealkylation sites (tertiary alicyclic amines) is 1. The van der Waals surface area contributed by atoms with Gasteiger partial charge in [0.05, 0.1) is 6.54 Å². The second kappa shape index (κ2) is 8.51. The van der Waals surface area contributed by atoms with E-state index in [1.807, 2.05) is 18.2 Å². The van der Waals surface area contributed by atoms with Gasteiger partial charge in [0.15, 0.2) is 0 Å². The molecule has 1 saturated heterocycles. The summed E-state index contributed by atoms with van der Waals surface area (Å²) < 4.78 is 0. The zero-order valence-electron chi connectivity index (χ0n) is 13.4. The van der Waals surface area contributed by atoms with Gasteiger partial charge in [0, 0.05) is 37.7 Å². The summed E-state index contributed by atoms with van der Waals surface area (Å²) in [5.74, 6) is 0.545. The number of nitrogens with zero attached hydrogens (tertiary/aromatic N) is 1. The van der Waals surface area contributed by atoms with Crippen molar-refractivity contribution < 1.29 is 4.79 Å². The third kappa shape index (κ3) is 5.27. The van der Waals surface area contributed by atoms with Gasteiger partial charge in [0.1, 0.15) is 0 Å². The highest BCUT2D eigenvalue weighted by Crippen LogP contribution is 2.19. The van der Waals surface area contributed by atoms with Crippen LogP contribution in [0.15, 0.2) is 24.3 Å². The third-order valence-electron chi connectivity index (χ3n) is 4.36. The van der Waals surface area contributed by atoms with E-state index in [-0.39, 0.29) is 5.91 Å². The fourth-order valence-corrected chi connectivity index (χ4v) is 3.05. The summed E-state index contributed by atoms with van der Waals surface area (Å²) in [5.41, 5.74) is 1.28. The van der Waals surface area contributed by atoms with Crippen molar-refractivity contribution in [1.29, 1.82) is 0 Å². The van der Waals surface area contributed by atoms with Crippen LogP contribution in [0.2, 0.25) is 5.02 Å². The maximum Gasteiger partial charge on any atom is 0.233 e. The molecule has 0 unspecified atom stereocenters. The van der Waals surface area contributed by atoms with E-state index in [1.165, 1.54) is 5.56 Å². The zero-order valence-corrected chi connectivity index (χ0v) is 14.2. The van der Waals surface area contributed by atoms with Crippen LogP contribution in [0.1, 0.15) is 31.2 Å². The lowest BCUT2D eigenvalue weighted by Gasteiger charge is -2.32. The van der Waals surface area contributed by atoms with E-state index < -0.39 is 0 Å². The molecule has 1 atom stereocenters. The van der Waals surface area contributed by atoms with Crippen molar-refractivity contribution in [3.8, 4) is 0 Å². The van der Waals surface area contributed by atoms with Gasteiger partial charge in [0.25, 0.3) is 0 Å². The molecule has 0 saturated carbocycles. The molecule has 1 aliphatic rings. The number of nitrogens with one attached hydrogen (secondary N) is 2. The first-order valence-electron chi connectivity index (χ1n) is 8.00. The van der Waals surface area contributed by atoms with Gasteiger partial charge in [-0.3, -0.25) is 9.69 Å². The Balaban J connectivity index is 1.71. The van der Waals surface area contributed by atoms with Crippen LogP contribution in [0.5, 0.6) is 0 Å². The highest BCUT2D eigenvalue weighted by atomic mass is 35.5. The summed E-state index contributed by atoms with van der Waals surface area (Å²) in [6, 6.07) is 8.63. The molecular formula is C17H26ClN3O. The third-order valence-corrected chi connectivity index (χ3v) is 4.60. The number of piperidine rings is 1. The first-order valence-corrected chi connectivity index (χ1v) is 8.38. The maximum absolute atomic E-state index is 11.4. The molecule has 122 valence electrons. The molecule has 0 aliphatic carbocycles. The number of rotatable bonds is 6. The molecule has 1 aromatic rings. The van der Waals surface area contributed by atoms with Gasteiger partial charge in [-0.15, -0.1) is 0 Å². The predicted molar refractivity (Wildman–Crippen MR) is 91.4 cm³/mol. The molecule has 2 rings (SSSR count). The maximum atomic E-state index is 11.4. The predicted octanol–water partition coefficient (Wildman–Crippen LogP) is 2.24. The molecule has 1 amide bonds. The monoisotopic (exact) mass is 323 g/mol. The van der Waals surface area contributed by atoms with E-state index in [9.17, 15) is 4.79 Å². The number of benzene rings is 1. The molecule has 0 radical (unpaired) electrons. The lowest BCUT2D eigenvalue weighted by molar-refractivity contribution is -0.122. The van der Waals surface area contributed by atoms with Crippen LogP contribution in [-0.4, -0.2) is 50.1 Å². The van der Waals surface area contributed by atoms with Gasteiger partial charge >= 0.3 is 0 Å². The second-order valence-corrected chi connectivity index (χ2v) is 6.52. The summed E-state index contributed by atoms with van der Waals surface area (Å²) in [4.78, 5) is 13.6. The minimum absolute atomic E-state index is 0.0981. The molecule has 1 fully saturated rings. The minimum Gasteiger partial charge on any atom is -0.358 e. The summed E-state index contributed by atoms with van der Waals surface area (Å²) in [5, 5.41) is 7.13. The van der Waals surface area contributed by atoms with E-state index in [0.29, 0.717) is 18.5 Å². The topological polar surface area (TPSA) is 44.4 Å². The van der Waals surface area contributed by atoms with Crippen LogP contribution in [-0.2, 0) is 4.79 Å². The SMILES string of the molecule is CNC(=O)CN1CCC(NC[C@H](C)c2cccc(Cl)c2)CC1. The molecule has 0 spiro atoms. The lowest BCUT2D eigenvalue weighted by atomic mass is 9.99. The Hall–Kier alpha value is -1.10. The van der Waals surface area contributed by atoms with Crippen molar-refractivity contribution in [2.75, 3.05) is 33.2 Å². The van der Waals surface area contributed by atoms with Crippen molar-refractivity contribution in [1.82, 2.24) is 15.5 Å². The molecule has 0 bridgehead atoms. The number of hydrogen-bond acceptors (Lipinski definition) is 3. The van der Waals surface area contributed by atoms with Crippen molar-refractivity contribution in [3.05, 3.63) is 34.9 Å². The fourth-order valence-electron chi connectivity index (χ4n) is 2.85. The normalized spacial score (nSPS) is 18.1. The molecule has 0 aromatic heterocycles. The van der Waals surface area contributed by atoms with Crippen molar-refractivity contribution in [2.24, 2.45) is 0 Å². The molecule has 22 heavy (non-hydrogen) atoms. The Morgan fingerprint density at radius 1 is 1.41 bits per heavy atom. The fraction of sp³-hybridized carbons (Fsp3) is 0.588. The summed E-state index contributed by atoms with van der Waals surface area (Å²) >= 11 is 6.05. The Labute approximate surface area is 138 Å². The average Bonchev–Trinajstić information content (AvgIpc) is 2.53. The molecular weight excluding hydrogens is 298 g/mol. The standard InChI is InChI=1S/C17H26ClN3O/c1-13(14-4-3-5-15(18)10-14)11-20-16-6-8-21(9-7-16)12-17(22)19-2/h3-5,10,13,16,20H,6-9,11-12H2,1-2H3,(H,19,22)/t13-/m0/s1. The van der Waals surface area contributed by atoms with E-state index in [1.54, 1.807) is 7.05 Å². The summed E-state index contributed by atoms with van der Waals surface area (Å²) in [6.45, 7) is 5.66. The highest BCUT2D eigenvalue weighted by Gasteiger charge is 2.20. The lowest BCUT2D eigenvalue weighted by Crippen LogP contribution is -2.46. The van der Waals surface area contributed by atoms with Gasteiger partial charge in [0.2, 0.25) is 5.91 Å². The van der Waals surface area contributed by atoms with Crippen LogP contribution >= 0.6 is 11.6 Å². The molecule has 1 aromatic carbocycles. The second-order valence-electron chi connectivity index (χ2n) is 6.09. The van der Waals surface area contributed by atoms with Gasteiger partial charge in [-0.2, -0.15) is 0 Å². The van der Waals surface area contributed by atoms with Gasteiger partial charge in [-0.25, -0.2) is 0 Å². The Morgan fingerprint density at radius 3 is 2.77 bits per heavy atom. The Kier molecular flexibility index (Phi) is 6.68. The van der Waals surface area contributed by atoms with Crippen LogP contribution in [0.4, 0.5) is 0 Å². The van der Waals surface area contributed by atoms with E-state index in [0.717, 1.165) is 37.5 Å². The smallest absolute Gasteiger partial charge is 0.233 e.